The van der Waals surface area contributed by atoms with E-state index in [1.807, 2.05) is 18.2 Å². The molecule has 2 aliphatic heterocycles. The van der Waals surface area contributed by atoms with Crippen LogP contribution in [-0.4, -0.2) is 25.2 Å². The Morgan fingerprint density at radius 1 is 1.31 bits per heavy atom. The molecule has 1 fully saturated rings. The van der Waals surface area contributed by atoms with Crippen LogP contribution >= 0.6 is 15.9 Å². The van der Waals surface area contributed by atoms with Crippen LogP contribution in [0.1, 0.15) is 0 Å². The molecule has 0 saturated carbocycles. The second-order valence-electron chi connectivity index (χ2n) is 4.07. The maximum atomic E-state index is 11.9. The van der Waals surface area contributed by atoms with Crippen molar-refractivity contribution in [3.63, 3.8) is 0 Å². The van der Waals surface area contributed by atoms with Gasteiger partial charge in [0.2, 0.25) is 5.91 Å². The third-order valence-corrected chi connectivity index (χ3v) is 3.49. The van der Waals surface area contributed by atoms with Crippen LogP contribution in [0.15, 0.2) is 22.7 Å². The zero-order chi connectivity index (χ0) is 11.1. The molecular formula is C11H11BrN2O2. The molecule has 0 aromatic heterocycles. The van der Waals surface area contributed by atoms with Gasteiger partial charge in [0.15, 0.2) is 0 Å². The molecule has 2 heterocycles. The van der Waals surface area contributed by atoms with Gasteiger partial charge in [0.05, 0.1) is 36.5 Å². The number of hydrogen-bond donors (Lipinski definition) is 2. The average Bonchev–Trinajstić information content (AvgIpc) is 2.65. The van der Waals surface area contributed by atoms with Crippen LogP contribution in [-0.2, 0) is 9.53 Å². The summed E-state index contributed by atoms with van der Waals surface area (Å²) in [6.45, 7) is 1.09. The Bertz CT molecular complexity index is 450. The van der Waals surface area contributed by atoms with E-state index in [9.17, 15) is 4.79 Å². The van der Waals surface area contributed by atoms with Crippen LogP contribution in [0.2, 0.25) is 0 Å². The summed E-state index contributed by atoms with van der Waals surface area (Å²) in [5, 5.41) is 6.27. The van der Waals surface area contributed by atoms with E-state index in [-0.39, 0.29) is 17.9 Å². The first-order valence-corrected chi connectivity index (χ1v) is 5.98. The summed E-state index contributed by atoms with van der Waals surface area (Å²) >= 11 is 3.39. The van der Waals surface area contributed by atoms with Gasteiger partial charge >= 0.3 is 0 Å². The molecule has 0 spiro atoms. The van der Waals surface area contributed by atoms with Crippen molar-refractivity contribution in [3.05, 3.63) is 22.7 Å². The van der Waals surface area contributed by atoms with Gasteiger partial charge in [-0.3, -0.25) is 4.79 Å². The molecule has 3 rings (SSSR count). The van der Waals surface area contributed by atoms with E-state index in [4.69, 9.17) is 4.74 Å². The standard InChI is InChI=1S/C11H11BrN2O2/c12-6-1-2-8-9(3-6)14-11(15)7-4-16-5-10(7)13-8/h1-3,7,10,13H,4-5H2,(H,14,15). The fourth-order valence-electron chi connectivity index (χ4n) is 2.13. The lowest BCUT2D eigenvalue weighted by molar-refractivity contribution is -0.119. The van der Waals surface area contributed by atoms with Gasteiger partial charge in [0.25, 0.3) is 0 Å². The topological polar surface area (TPSA) is 50.4 Å². The number of ether oxygens (including phenoxy) is 1. The normalized spacial score (nSPS) is 27.4. The number of hydrogen-bond acceptors (Lipinski definition) is 3. The van der Waals surface area contributed by atoms with Gasteiger partial charge in [0.1, 0.15) is 0 Å². The van der Waals surface area contributed by atoms with Gasteiger partial charge in [0, 0.05) is 4.47 Å². The van der Waals surface area contributed by atoms with Crippen LogP contribution in [0.25, 0.3) is 0 Å². The average molecular weight is 283 g/mol. The first-order valence-electron chi connectivity index (χ1n) is 5.19. The van der Waals surface area contributed by atoms with E-state index in [1.54, 1.807) is 0 Å². The van der Waals surface area contributed by atoms with E-state index in [0.29, 0.717) is 13.2 Å². The van der Waals surface area contributed by atoms with E-state index < -0.39 is 0 Å². The second-order valence-corrected chi connectivity index (χ2v) is 4.99. The van der Waals surface area contributed by atoms with E-state index >= 15 is 0 Å². The predicted octanol–water partition coefficient (Wildman–Crippen LogP) is 1.83. The van der Waals surface area contributed by atoms with Gasteiger partial charge < -0.3 is 15.4 Å². The van der Waals surface area contributed by atoms with Crippen molar-refractivity contribution in [3.8, 4) is 0 Å². The predicted molar refractivity (Wildman–Crippen MR) is 64.5 cm³/mol. The highest BCUT2D eigenvalue weighted by atomic mass is 79.9. The minimum absolute atomic E-state index is 0.0341. The fourth-order valence-corrected chi connectivity index (χ4v) is 2.49. The third-order valence-electron chi connectivity index (χ3n) is 3.00. The van der Waals surface area contributed by atoms with Crippen molar-refractivity contribution in [1.82, 2.24) is 0 Å². The maximum absolute atomic E-state index is 11.9. The fraction of sp³-hybridized carbons (Fsp3) is 0.364. The largest absolute Gasteiger partial charge is 0.378 e. The minimum atomic E-state index is -0.0915. The summed E-state index contributed by atoms with van der Waals surface area (Å²) in [6.07, 6.45) is 0. The first-order chi connectivity index (χ1) is 7.74. The summed E-state index contributed by atoms with van der Waals surface area (Å²) in [4.78, 5) is 11.9. The molecule has 2 unspecified atom stereocenters. The monoisotopic (exact) mass is 282 g/mol. The van der Waals surface area contributed by atoms with Crippen LogP contribution < -0.4 is 10.6 Å². The summed E-state index contributed by atoms with van der Waals surface area (Å²) in [5.74, 6) is -0.0574. The van der Waals surface area contributed by atoms with Gasteiger partial charge in [-0.1, -0.05) is 15.9 Å². The molecule has 1 saturated heterocycles. The lowest BCUT2D eigenvalue weighted by Gasteiger charge is -2.14. The van der Waals surface area contributed by atoms with E-state index in [1.165, 1.54) is 0 Å². The summed E-state index contributed by atoms with van der Waals surface area (Å²) < 4.78 is 6.28. The van der Waals surface area contributed by atoms with Crippen LogP contribution in [0.4, 0.5) is 11.4 Å². The molecule has 2 N–H and O–H groups in total. The third kappa shape index (κ3) is 1.60. The molecular weight excluding hydrogens is 272 g/mol. The smallest absolute Gasteiger partial charge is 0.232 e. The number of fused-ring (bicyclic) bond motifs is 2. The first kappa shape index (κ1) is 10.1. The molecule has 2 atom stereocenters. The molecule has 1 aromatic rings. The highest BCUT2D eigenvalue weighted by Gasteiger charge is 2.36. The molecule has 4 nitrogen and oxygen atoms in total. The highest BCUT2D eigenvalue weighted by Crippen LogP contribution is 2.32. The van der Waals surface area contributed by atoms with E-state index in [0.717, 1.165) is 15.8 Å². The number of amides is 1. The molecule has 5 heteroatoms. The van der Waals surface area contributed by atoms with Crippen LogP contribution in [0.5, 0.6) is 0 Å². The summed E-state index contributed by atoms with van der Waals surface area (Å²) in [6, 6.07) is 5.90. The van der Waals surface area contributed by atoms with Gasteiger partial charge in [-0.15, -0.1) is 0 Å². The minimum Gasteiger partial charge on any atom is -0.378 e. The Hall–Kier alpha value is -1.07. The van der Waals surface area contributed by atoms with Crippen LogP contribution in [0, 0.1) is 5.92 Å². The Kier molecular flexibility index (Phi) is 2.37. The number of nitrogens with one attached hydrogen (secondary N) is 2. The SMILES string of the molecule is O=C1Nc2cc(Br)ccc2NC2COCC12. The van der Waals surface area contributed by atoms with Crippen molar-refractivity contribution in [1.29, 1.82) is 0 Å². The zero-order valence-electron chi connectivity index (χ0n) is 8.50. The van der Waals surface area contributed by atoms with Crippen molar-refractivity contribution in [2.45, 2.75) is 6.04 Å². The van der Waals surface area contributed by atoms with Crippen LogP contribution in [0.3, 0.4) is 0 Å². The number of halogens is 1. The molecule has 1 aromatic carbocycles. The Labute approximate surface area is 101 Å². The lowest BCUT2D eigenvalue weighted by Crippen LogP contribution is -2.33. The molecule has 0 radical (unpaired) electrons. The number of carbonyl (C=O) groups excluding carboxylic acids is 1. The molecule has 1 amide bonds. The Morgan fingerprint density at radius 3 is 3.06 bits per heavy atom. The van der Waals surface area contributed by atoms with Crippen molar-refractivity contribution in [2.75, 3.05) is 23.8 Å². The Morgan fingerprint density at radius 2 is 2.19 bits per heavy atom. The van der Waals surface area contributed by atoms with Crippen molar-refractivity contribution >= 4 is 33.2 Å². The number of anilines is 2. The number of carbonyl (C=O) groups is 1. The molecule has 84 valence electrons. The van der Waals surface area contributed by atoms with Gasteiger partial charge in [-0.2, -0.15) is 0 Å². The molecule has 0 bridgehead atoms. The van der Waals surface area contributed by atoms with Gasteiger partial charge in [-0.05, 0) is 18.2 Å². The molecule has 16 heavy (non-hydrogen) atoms. The van der Waals surface area contributed by atoms with Crippen molar-refractivity contribution < 1.29 is 9.53 Å². The summed E-state index contributed by atoms with van der Waals surface area (Å²) in [5.41, 5.74) is 1.78. The van der Waals surface area contributed by atoms with Gasteiger partial charge in [-0.25, -0.2) is 0 Å². The molecule has 0 aliphatic carbocycles. The number of rotatable bonds is 0. The van der Waals surface area contributed by atoms with Crippen molar-refractivity contribution in [2.24, 2.45) is 5.92 Å². The second kappa shape index (κ2) is 3.75. The quantitative estimate of drug-likeness (QED) is 0.763. The zero-order valence-corrected chi connectivity index (χ0v) is 10.1. The molecule has 2 aliphatic rings. The maximum Gasteiger partial charge on any atom is 0.232 e. The number of benzene rings is 1. The summed E-state index contributed by atoms with van der Waals surface area (Å²) in [7, 11) is 0. The highest BCUT2D eigenvalue weighted by molar-refractivity contribution is 9.10. The van der Waals surface area contributed by atoms with E-state index in [2.05, 4.69) is 26.6 Å². The lowest BCUT2D eigenvalue weighted by atomic mass is 10.0. The Balaban J connectivity index is 2.01.